The van der Waals surface area contributed by atoms with Crippen LogP contribution in [0.15, 0.2) is 76.8 Å². The van der Waals surface area contributed by atoms with Crippen molar-refractivity contribution < 1.29 is 18.0 Å². The molecular weight excluding hydrogens is 376 g/mol. The monoisotopic (exact) mass is 392 g/mol. The summed E-state index contributed by atoms with van der Waals surface area (Å²) in [5.41, 5.74) is 1.23. The first-order valence-corrected chi connectivity index (χ1v) is 10.1. The van der Waals surface area contributed by atoms with Crippen LogP contribution >= 0.6 is 0 Å². The van der Waals surface area contributed by atoms with E-state index in [1.165, 1.54) is 30.3 Å². The maximum absolute atomic E-state index is 13.0. The Labute approximate surface area is 162 Å². The number of carbonyl (C=O) groups is 2. The fourth-order valence-electron chi connectivity index (χ4n) is 3.22. The summed E-state index contributed by atoms with van der Waals surface area (Å²) in [6.45, 7) is 1.81. The van der Waals surface area contributed by atoms with Crippen LogP contribution in [0.3, 0.4) is 0 Å². The number of amides is 1. The minimum Gasteiger partial charge on any atom is -0.345 e. The van der Waals surface area contributed by atoms with Gasteiger partial charge in [0.15, 0.2) is 5.78 Å². The van der Waals surface area contributed by atoms with Crippen LogP contribution in [0.5, 0.6) is 0 Å². The van der Waals surface area contributed by atoms with Gasteiger partial charge in [0.05, 0.1) is 15.8 Å². The summed E-state index contributed by atoms with van der Waals surface area (Å²) in [6, 6.07) is 13.5. The van der Waals surface area contributed by atoms with E-state index in [-0.39, 0.29) is 38.3 Å². The molecule has 0 saturated heterocycles. The summed E-state index contributed by atoms with van der Waals surface area (Å²) in [5.74, 6) is -0.795. The van der Waals surface area contributed by atoms with Crippen molar-refractivity contribution in [1.29, 1.82) is 0 Å². The van der Waals surface area contributed by atoms with Crippen LogP contribution in [0, 0.1) is 0 Å². The number of rotatable bonds is 3. The van der Waals surface area contributed by atoms with E-state index < -0.39 is 15.7 Å². The second-order valence-electron chi connectivity index (χ2n) is 6.52. The zero-order valence-corrected chi connectivity index (χ0v) is 15.7. The number of hydrogen-bond donors (Lipinski definition) is 1. The maximum Gasteiger partial charge on any atom is 0.251 e. The summed E-state index contributed by atoms with van der Waals surface area (Å²) in [6.07, 6.45) is 3.29. The van der Waals surface area contributed by atoms with Crippen molar-refractivity contribution in [3.63, 3.8) is 0 Å². The van der Waals surface area contributed by atoms with Crippen molar-refractivity contribution in [3.05, 3.63) is 89.2 Å². The number of benzene rings is 2. The smallest absolute Gasteiger partial charge is 0.251 e. The highest BCUT2D eigenvalue weighted by molar-refractivity contribution is 7.91. The quantitative estimate of drug-likeness (QED) is 0.579. The highest BCUT2D eigenvalue weighted by Crippen LogP contribution is 2.34. The van der Waals surface area contributed by atoms with Crippen molar-refractivity contribution in [1.82, 2.24) is 10.3 Å². The molecule has 4 rings (SSSR count). The van der Waals surface area contributed by atoms with Crippen molar-refractivity contribution in [3.8, 4) is 0 Å². The molecule has 1 aromatic heterocycles. The van der Waals surface area contributed by atoms with E-state index in [1.807, 2.05) is 13.0 Å². The van der Waals surface area contributed by atoms with E-state index in [0.717, 1.165) is 5.56 Å². The number of carbonyl (C=O) groups excluding carboxylic acids is 2. The SMILES string of the molecule is C[C@H](NC(=O)c1ccc2c(c1)S(=O)(=O)c1ccccc1C2=O)c1cccnc1. The second kappa shape index (κ2) is 6.69. The molecule has 2 heterocycles. The molecule has 0 aliphatic carbocycles. The van der Waals surface area contributed by atoms with Crippen LogP contribution in [-0.4, -0.2) is 25.1 Å². The predicted octanol–water partition coefficient (Wildman–Crippen LogP) is 2.95. The Bertz CT molecular complexity index is 1200. The summed E-state index contributed by atoms with van der Waals surface area (Å²) >= 11 is 0. The molecule has 140 valence electrons. The first kappa shape index (κ1) is 18.1. The number of fused-ring (bicyclic) bond motifs is 2. The number of sulfone groups is 1. The van der Waals surface area contributed by atoms with E-state index in [2.05, 4.69) is 10.3 Å². The number of nitrogens with one attached hydrogen (secondary N) is 1. The predicted molar refractivity (Wildman–Crippen MR) is 102 cm³/mol. The van der Waals surface area contributed by atoms with Crippen molar-refractivity contribution in [2.24, 2.45) is 0 Å². The molecule has 1 aliphatic heterocycles. The largest absolute Gasteiger partial charge is 0.345 e. The Morgan fingerprint density at radius 1 is 1.00 bits per heavy atom. The molecule has 28 heavy (non-hydrogen) atoms. The third-order valence-corrected chi connectivity index (χ3v) is 6.58. The third-order valence-electron chi connectivity index (χ3n) is 4.73. The summed E-state index contributed by atoms with van der Waals surface area (Å²) in [7, 11) is -3.88. The number of nitrogens with zero attached hydrogens (tertiary/aromatic N) is 1. The lowest BCUT2D eigenvalue weighted by atomic mass is 10.0. The lowest BCUT2D eigenvalue weighted by Crippen LogP contribution is -2.27. The molecule has 1 atom stereocenters. The molecule has 1 aliphatic rings. The molecule has 1 N–H and O–H groups in total. The van der Waals surface area contributed by atoms with Gasteiger partial charge in [-0.05, 0) is 48.9 Å². The van der Waals surface area contributed by atoms with Crippen LogP contribution in [0.1, 0.15) is 44.8 Å². The van der Waals surface area contributed by atoms with Gasteiger partial charge in [-0.2, -0.15) is 0 Å². The van der Waals surface area contributed by atoms with Crippen LogP contribution in [0.4, 0.5) is 0 Å². The second-order valence-corrected chi connectivity index (χ2v) is 8.41. The fourth-order valence-corrected chi connectivity index (χ4v) is 4.90. The highest BCUT2D eigenvalue weighted by atomic mass is 32.2. The molecule has 2 aromatic carbocycles. The molecule has 0 fully saturated rings. The Morgan fingerprint density at radius 2 is 1.75 bits per heavy atom. The summed E-state index contributed by atoms with van der Waals surface area (Å²) in [4.78, 5) is 29.2. The standard InChI is InChI=1S/C21H16N2O4S/c1-13(15-5-4-10-22-12-15)23-21(25)14-8-9-17-19(11-14)28(26,27)18-7-3-2-6-16(18)20(17)24/h2-13H,1H3,(H,23,25)/t13-/m0/s1. The Kier molecular flexibility index (Phi) is 4.31. The Morgan fingerprint density at radius 3 is 2.50 bits per heavy atom. The molecular formula is C21H16N2O4S. The van der Waals surface area contributed by atoms with Crippen LogP contribution in [0.2, 0.25) is 0 Å². The summed E-state index contributed by atoms with van der Waals surface area (Å²) in [5, 5.41) is 2.82. The lowest BCUT2D eigenvalue weighted by Gasteiger charge is -2.20. The lowest BCUT2D eigenvalue weighted by molar-refractivity contribution is 0.0938. The van der Waals surface area contributed by atoms with Gasteiger partial charge in [-0.25, -0.2) is 8.42 Å². The van der Waals surface area contributed by atoms with Gasteiger partial charge >= 0.3 is 0 Å². The molecule has 0 saturated carbocycles. The van der Waals surface area contributed by atoms with Crippen LogP contribution in [0.25, 0.3) is 0 Å². The van der Waals surface area contributed by atoms with Gasteiger partial charge in [-0.3, -0.25) is 14.6 Å². The molecule has 6 nitrogen and oxygen atoms in total. The highest BCUT2D eigenvalue weighted by Gasteiger charge is 2.35. The molecule has 3 aromatic rings. The van der Waals surface area contributed by atoms with Gasteiger partial charge in [0.2, 0.25) is 9.84 Å². The molecule has 0 radical (unpaired) electrons. The van der Waals surface area contributed by atoms with E-state index in [9.17, 15) is 18.0 Å². The molecule has 7 heteroatoms. The van der Waals surface area contributed by atoms with Crippen molar-refractivity contribution in [2.45, 2.75) is 22.8 Å². The minimum absolute atomic E-state index is 0.0335. The fraction of sp³-hybridized carbons (Fsp3) is 0.0952. The van der Waals surface area contributed by atoms with Gasteiger partial charge in [-0.15, -0.1) is 0 Å². The van der Waals surface area contributed by atoms with Gasteiger partial charge < -0.3 is 5.32 Å². The van der Waals surface area contributed by atoms with Gasteiger partial charge in [0, 0.05) is 29.1 Å². The van der Waals surface area contributed by atoms with Gasteiger partial charge in [0.25, 0.3) is 5.91 Å². The zero-order chi connectivity index (χ0) is 19.9. The number of pyridine rings is 1. The van der Waals surface area contributed by atoms with Crippen LogP contribution < -0.4 is 5.32 Å². The first-order chi connectivity index (χ1) is 13.4. The maximum atomic E-state index is 13.0. The average Bonchev–Trinajstić information content (AvgIpc) is 2.72. The minimum atomic E-state index is -3.88. The van der Waals surface area contributed by atoms with Crippen molar-refractivity contribution >= 4 is 21.5 Å². The van der Waals surface area contributed by atoms with E-state index in [4.69, 9.17) is 0 Å². The van der Waals surface area contributed by atoms with Gasteiger partial charge in [-0.1, -0.05) is 18.2 Å². The van der Waals surface area contributed by atoms with Gasteiger partial charge in [0.1, 0.15) is 0 Å². The third kappa shape index (κ3) is 2.90. The van der Waals surface area contributed by atoms with E-state index in [1.54, 1.807) is 30.6 Å². The number of hydrogen-bond acceptors (Lipinski definition) is 5. The molecule has 0 unspecified atom stereocenters. The Hall–Kier alpha value is -3.32. The van der Waals surface area contributed by atoms with E-state index >= 15 is 0 Å². The number of aromatic nitrogens is 1. The Balaban J connectivity index is 1.70. The molecule has 0 bridgehead atoms. The first-order valence-electron chi connectivity index (χ1n) is 8.63. The van der Waals surface area contributed by atoms with Crippen molar-refractivity contribution in [2.75, 3.05) is 0 Å². The molecule has 0 spiro atoms. The summed E-state index contributed by atoms with van der Waals surface area (Å²) < 4.78 is 25.9. The zero-order valence-electron chi connectivity index (χ0n) is 14.9. The van der Waals surface area contributed by atoms with Crippen LogP contribution in [-0.2, 0) is 9.84 Å². The number of ketones is 1. The topological polar surface area (TPSA) is 93.2 Å². The van der Waals surface area contributed by atoms with E-state index in [0.29, 0.717) is 0 Å². The molecule has 1 amide bonds. The normalized spacial score (nSPS) is 15.2. The average molecular weight is 392 g/mol.